The van der Waals surface area contributed by atoms with Gasteiger partial charge in [-0.05, 0) is 12.1 Å². The van der Waals surface area contributed by atoms with E-state index < -0.39 is 23.4 Å². The van der Waals surface area contributed by atoms with Gasteiger partial charge in [0.25, 0.3) is 0 Å². The van der Waals surface area contributed by atoms with Gasteiger partial charge in [0.15, 0.2) is 17.5 Å². The highest BCUT2D eigenvalue weighted by Gasteiger charge is 2.12. The molecule has 0 bridgehead atoms. The lowest BCUT2D eigenvalue weighted by molar-refractivity contribution is -0.116. The first kappa shape index (κ1) is 10.4. The average Bonchev–Trinajstić information content (AvgIpc) is 2.13. The molecule has 3 nitrogen and oxygen atoms in total. The molecule has 1 amide bonds. The Morgan fingerprint density at radius 3 is 2.50 bits per heavy atom. The fourth-order valence-corrected chi connectivity index (χ4v) is 0.845. The van der Waals surface area contributed by atoms with Crippen molar-refractivity contribution in [1.29, 1.82) is 0 Å². The highest BCUT2D eigenvalue weighted by atomic mass is 19.2. The minimum atomic E-state index is -1.58. The van der Waals surface area contributed by atoms with Gasteiger partial charge >= 0.3 is 0 Å². The van der Waals surface area contributed by atoms with E-state index in [1.165, 1.54) is 0 Å². The molecule has 0 saturated heterocycles. The highest BCUT2D eigenvalue weighted by Crippen LogP contribution is 2.18. The molecule has 0 aromatic heterocycles. The van der Waals surface area contributed by atoms with Crippen LogP contribution in [0.1, 0.15) is 0 Å². The van der Waals surface area contributed by atoms with Crippen LogP contribution in [0.15, 0.2) is 12.1 Å². The van der Waals surface area contributed by atoms with Gasteiger partial charge in [0, 0.05) is 0 Å². The highest BCUT2D eigenvalue weighted by molar-refractivity contribution is 5.78. The molecular weight excluding hydrogens is 197 g/mol. The van der Waals surface area contributed by atoms with Crippen LogP contribution >= 0.6 is 0 Å². The van der Waals surface area contributed by atoms with Crippen LogP contribution in [0.3, 0.4) is 0 Å². The van der Waals surface area contributed by atoms with E-state index in [0.29, 0.717) is 0 Å². The third-order valence-corrected chi connectivity index (χ3v) is 1.49. The van der Waals surface area contributed by atoms with Crippen LogP contribution in [0, 0.1) is 17.5 Å². The summed E-state index contributed by atoms with van der Waals surface area (Å²) in [4.78, 5) is 10.3. The number of anilines is 1. The molecule has 0 saturated carbocycles. The van der Waals surface area contributed by atoms with E-state index in [2.05, 4.69) is 5.32 Å². The predicted molar refractivity (Wildman–Crippen MR) is 44.0 cm³/mol. The Balaban J connectivity index is 2.88. The number of hydrogen-bond acceptors (Lipinski definition) is 2. The second kappa shape index (κ2) is 3.99. The molecule has 0 unspecified atom stereocenters. The third-order valence-electron chi connectivity index (χ3n) is 1.49. The van der Waals surface area contributed by atoms with E-state index in [1.54, 1.807) is 0 Å². The SMILES string of the molecule is NC(=O)CNc1ccc(F)c(F)c1F. The molecule has 1 aromatic rings. The third kappa shape index (κ3) is 2.15. The first-order valence-corrected chi connectivity index (χ1v) is 3.68. The van der Waals surface area contributed by atoms with Crippen LogP contribution in [0.2, 0.25) is 0 Å². The van der Waals surface area contributed by atoms with Gasteiger partial charge in [0.2, 0.25) is 5.91 Å². The maximum absolute atomic E-state index is 12.9. The minimum Gasteiger partial charge on any atom is -0.374 e. The lowest BCUT2D eigenvalue weighted by Gasteiger charge is -2.05. The molecular formula is C8H7F3N2O. The zero-order valence-electron chi connectivity index (χ0n) is 6.98. The average molecular weight is 204 g/mol. The van der Waals surface area contributed by atoms with E-state index in [4.69, 9.17) is 5.73 Å². The first-order valence-electron chi connectivity index (χ1n) is 3.68. The molecule has 1 rings (SSSR count). The molecule has 76 valence electrons. The van der Waals surface area contributed by atoms with Crippen LogP contribution < -0.4 is 11.1 Å². The summed E-state index contributed by atoms with van der Waals surface area (Å²) in [5.41, 5.74) is 4.46. The zero-order valence-corrected chi connectivity index (χ0v) is 6.98. The second-order valence-corrected chi connectivity index (χ2v) is 2.54. The van der Waals surface area contributed by atoms with Gasteiger partial charge in [-0.3, -0.25) is 4.79 Å². The van der Waals surface area contributed by atoms with Crippen LogP contribution in [0.5, 0.6) is 0 Å². The topological polar surface area (TPSA) is 55.1 Å². The van der Waals surface area contributed by atoms with Crippen molar-refractivity contribution >= 4 is 11.6 Å². The van der Waals surface area contributed by atoms with E-state index in [0.717, 1.165) is 12.1 Å². The van der Waals surface area contributed by atoms with E-state index in [9.17, 15) is 18.0 Å². The largest absolute Gasteiger partial charge is 0.374 e. The molecule has 3 N–H and O–H groups in total. The molecule has 1 aromatic carbocycles. The monoisotopic (exact) mass is 204 g/mol. The van der Waals surface area contributed by atoms with Crippen molar-refractivity contribution in [2.45, 2.75) is 0 Å². The Labute approximate surface area is 77.7 Å². The minimum absolute atomic E-state index is 0.303. The Morgan fingerprint density at radius 1 is 1.29 bits per heavy atom. The first-order chi connectivity index (χ1) is 6.52. The number of carbonyl (C=O) groups is 1. The van der Waals surface area contributed by atoms with E-state index in [1.807, 2.05) is 0 Å². The van der Waals surface area contributed by atoms with Gasteiger partial charge in [-0.15, -0.1) is 0 Å². The van der Waals surface area contributed by atoms with Crippen molar-refractivity contribution in [1.82, 2.24) is 0 Å². The number of halogens is 3. The number of rotatable bonds is 3. The van der Waals surface area contributed by atoms with Crippen LogP contribution in [-0.4, -0.2) is 12.5 Å². The lowest BCUT2D eigenvalue weighted by atomic mass is 10.3. The number of amides is 1. The predicted octanol–water partition coefficient (Wildman–Crippen LogP) is 1.00. The summed E-state index contributed by atoms with van der Waals surface area (Å²) in [6.07, 6.45) is 0. The van der Waals surface area contributed by atoms with Crippen LogP contribution in [0.4, 0.5) is 18.9 Å². The number of nitrogens with two attached hydrogens (primary N) is 1. The quantitative estimate of drug-likeness (QED) is 0.721. The van der Waals surface area contributed by atoms with Gasteiger partial charge in [0.05, 0.1) is 12.2 Å². The smallest absolute Gasteiger partial charge is 0.236 e. The molecule has 0 aliphatic rings. The van der Waals surface area contributed by atoms with Crippen molar-refractivity contribution in [3.63, 3.8) is 0 Å². The van der Waals surface area contributed by atoms with E-state index in [-0.39, 0.29) is 12.2 Å². The number of hydrogen-bond donors (Lipinski definition) is 2. The molecule has 0 radical (unpaired) electrons. The lowest BCUT2D eigenvalue weighted by Crippen LogP contribution is -2.22. The molecule has 0 heterocycles. The Kier molecular flexibility index (Phi) is 2.95. The Morgan fingerprint density at radius 2 is 1.93 bits per heavy atom. The maximum Gasteiger partial charge on any atom is 0.236 e. The van der Waals surface area contributed by atoms with E-state index >= 15 is 0 Å². The molecule has 0 fully saturated rings. The summed E-state index contributed by atoms with van der Waals surface area (Å²) < 4.78 is 37.9. The second-order valence-electron chi connectivity index (χ2n) is 2.54. The van der Waals surface area contributed by atoms with Gasteiger partial charge in [0.1, 0.15) is 0 Å². The Hall–Kier alpha value is -1.72. The van der Waals surface area contributed by atoms with Gasteiger partial charge in [-0.2, -0.15) is 0 Å². The zero-order chi connectivity index (χ0) is 10.7. The van der Waals surface area contributed by atoms with Gasteiger partial charge in [-0.25, -0.2) is 13.2 Å². The summed E-state index contributed by atoms with van der Waals surface area (Å²) in [5, 5.41) is 2.22. The summed E-state index contributed by atoms with van der Waals surface area (Å²) >= 11 is 0. The summed E-state index contributed by atoms with van der Waals surface area (Å²) in [6.45, 7) is -0.345. The van der Waals surface area contributed by atoms with Crippen molar-refractivity contribution < 1.29 is 18.0 Å². The van der Waals surface area contributed by atoms with Crippen molar-refractivity contribution in [2.24, 2.45) is 5.73 Å². The summed E-state index contributed by atoms with van der Waals surface area (Å²) in [5.74, 6) is -4.97. The number of nitrogens with one attached hydrogen (secondary N) is 1. The van der Waals surface area contributed by atoms with Crippen molar-refractivity contribution in [3.8, 4) is 0 Å². The van der Waals surface area contributed by atoms with Gasteiger partial charge < -0.3 is 11.1 Å². The standard InChI is InChI=1S/C8H7F3N2O/c9-4-1-2-5(8(11)7(4)10)13-3-6(12)14/h1-2,13H,3H2,(H2,12,14). The molecule has 14 heavy (non-hydrogen) atoms. The molecule has 0 spiro atoms. The number of benzene rings is 1. The number of carbonyl (C=O) groups excluding carboxylic acids is 1. The van der Waals surface area contributed by atoms with Gasteiger partial charge in [-0.1, -0.05) is 0 Å². The summed E-state index contributed by atoms with van der Waals surface area (Å²) in [7, 11) is 0. The summed E-state index contributed by atoms with van der Waals surface area (Å²) in [6, 6.07) is 1.73. The maximum atomic E-state index is 12.9. The molecule has 6 heteroatoms. The van der Waals surface area contributed by atoms with Crippen molar-refractivity contribution in [2.75, 3.05) is 11.9 Å². The number of primary amides is 1. The fraction of sp³-hybridized carbons (Fsp3) is 0.125. The molecule has 0 aliphatic carbocycles. The molecule has 0 aliphatic heterocycles. The molecule has 0 atom stereocenters. The van der Waals surface area contributed by atoms with Crippen LogP contribution in [0.25, 0.3) is 0 Å². The Bertz CT molecular complexity index is 368. The van der Waals surface area contributed by atoms with Crippen molar-refractivity contribution in [3.05, 3.63) is 29.6 Å². The van der Waals surface area contributed by atoms with Crippen LogP contribution in [-0.2, 0) is 4.79 Å². The fourth-order valence-electron chi connectivity index (χ4n) is 0.845. The normalized spacial score (nSPS) is 9.93.